The van der Waals surface area contributed by atoms with Gasteiger partial charge in [-0.25, -0.2) is 0 Å². The van der Waals surface area contributed by atoms with E-state index in [0.717, 1.165) is 0 Å². The van der Waals surface area contributed by atoms with Crippen molar-refractivity contribution in [1.82, 2.24) is 0 Å². The van der Waals surface area contributed by atoms with E-state index in [1.807, 2.05) is 0 Å². The third-order valence-corrected chi connectivity index (χ3v) is 0.402. The van der Waals surface area contributed by atoms with Gasteiger partial charge in [0.2, 0.25) is 0 Å². The van der Waals surface area contributed by atoms with E-state index in [0.29, 0.717) is 0 Å². The standard InChI is InChI=1S/C3H7NO3/c4-2(5)1-3(6)7/h2,5H,1,4H2,(H,6,7)/t2-/m1/s1. The highest BCUT2D eigenvalue weighted by atomic mass is 16.4. The van der Waals surface area contributed by atoms with Gasteiger partial charge in [0.25, 0.3) is 0 Å². The number of carbonyl (C=O) groups excluding carboxylic acids is 1. The summed E-state index contributed by atoms with van der Waals surface area (Å²) in [5, 5.41) is 17.7. The zero-order chi connectivity index (χ0) is 5.86. The van der Waals surface area contributed by atoms with Crippen LogP contribution in [0.15, 0.2) is 0 Å². The second-order valence-electron chi connectivity index (χ2n) is 1.23. The second-order valence-corrected chi connectivity index (χ2v) is 1.23. The van der Waals surface area contributed by atoms with Crippen molar-refractivity contribution in [3.63, 3.8) is 0 Å². The Hall–Kier alpha value is -0.610. The minimum absolute atomic E-state index is 0.389. The average molecular weight is 105 g/mol. The van der Waals surface area contributed by atoms with Gasteiger partial charge >= 0.3 is 0 Å². The van der Waals surface area contributed by atoms with Crippen molar-refractivity contribution in [2.24, 2.45) is 0 Å². The maximum Gasteiger partial charge on any atom is 0.191 e. The summed E-state index contributed by atoms with van der Waals surface area (Å²) in [6.07, 6.45) is -1.43. The van der Waals surface area contributed by atoms with Crippen LogP contribution in [0.4, 0.5) is 0 Å². The smallest absolute Gasteiger partial charge is 0.191 e. The van der Waals surface area contributed by atoms with Crippen LogP contribution in [-0.2, 0) is 4.79 Å². The van der Waals surface area contributed by atoms with E-state index in [1.165, 1.54) is 0 Å². The molecule has 4 nitrogen and oxygen atoms in total. The van der Waals surface area contributed by atoms with E-state index in [-0.39, 0.29) is 6.42 Å². The lowest BCUT2D eigenvalue weighted by Gasteiger charge is -1.98. The van der Waals surface area contributed by atoms with Gasteiger partial charge in [-0.15, -0.1) is 0 Å². The molecule has 7 heavy (non-hydrogen) atoms. The van der Waals surface area contributed by atoms with Crippen molar-refractivity contribution in [3.05, 3.63) is 0 Å². The molecule has 0 aliphatic carbocycles. The molecule has 0 aliphatic rings. The number of carboxylic acid groups (broad SMARTS) is 1. The molecule has 0 aromatic carbocycles. The fourth-order valence-electron chi connectivity index (χ4n) is 0.192. The second kappa shape index (κ2) is 2.54. The molecule has 1 atom stereocenters. The summed E-state index contributed by atoms with van der Waals surface area (Å²) >= 11 is 0. The van der Waals surface area contributed by atoms with Crippen LogP contribution < -0.4 is 10.8 Å². The maximum atomic E-state index is 9.50. The molecule has 0 saturated carbocycles. The Morgan fingerprint density at radius 2 is 2.43 bits per heavy atom. The Balaban J connectivity index is 3.13. The molecular formula is C3H7NO3. The molecule has 4 heteroatoms. The normalized spacial score (nSPS) is 13.4. The summed E-state index contributed by atoms with van der Waals surface area (Å²) in [6.45, 7) is 0. The number of hydrogen-bond donors (Lipinski definition) is 2. The average Bonchev–Trinajstić information content (AvgIpc) is 1.27. The number of aliphatic hydroxyl groups is 1. The lowest BCUT2D eigenvalue weighted by molar-refractivity contribution is -0.484. The van der Waals surface area contributed by atoms with Crippen LogP contribution in [0.5, 0.6) is 0 Å². The fourth-order valence-corrected chi connectivity index (χ4v) is 0.192. The molecule has 0 rings (SSSR count). The van der Waals surface area contributed by atoms with E-state index in [4.69, 9.17) is 5.11 Å². The van der Waals surface area contributed by atoms with E-state index in [2.05, 4.69) is 5.73 Å². The third-order valence-electron chi connectivity index (χ3n) is 0.402. The Morgan fingerprint density at radius 3 is 2.43 bits per heavy atom. The fraction of sp³-hybridized carbons (Fsp3) is 0.667. The Bertz CT molecular complexity index is 70.6. The molecule has 0 radical (unpaired) electrons. The molecule has 42 valence electrons. The zero-order valence-corrected chi connectivity index (χ0v) is 3.76. The van der Waals surface area contributed by atoms with E-state index in [9.17, 15) is 9.90 Å². The van der Waals surface area contributed by atoms with Crippen LogP contribution in [0.25, 0.3) is 0 Å². The highest BCUT2D eigenvalue weighted by Gasteiger charge is 1.96. The summed E-state index contributed by atoms with van der Waals surface area (Å²) in [6, 6.07) is 0. The number of carboxylic acids is 1. The highest BCUT2D eigenvalue weighted by Crippen LogP contribution is 1.72. The van der Waals surface area contributed by atoms with Crippen molar-refractivity contribution in [2.75, 3.05) is 0 Å². The third kappa shape index (κ3) is 5.39. The highest BCUT2D eigenvalue weighted by molar-refractivity contribution is 5.64. The summed E-state index contributed by atoms with van der Waals surface area (Å²) < 4.78 is 0. The first-order chi connectivity index (χ1) is 3.13. The van der Waals surface area contributed by atoms with Gasteiger partial charge in [-0.3, -0.25) is 0 Å². The Morgan fingerprint density at radius 1 is 2.00 bits per heavy atom. The molecule has 0 saturated heterocycles. The van der Waals surface area contributed by atoms with Crippen molar-refractivity contribution in [1.29, 1.82) is 0 Å². The van der Waals surface area contributed by atoms with Gasteiger partial charge in [-0.1, -0.05) is 0 Å². The minimum Gasteiger partial charge on any atom is -0.550 e. The Labute approximate surface area is 40.6 Å². The lowest BCUT2D eigenvalue weighted by atomic mass is 10.4. The number of aliphatic hydroxyl groups excluding tert-OH is 1. The molecule has 0 fully saturated rings. The maximum absolute atomic E-state index is 9.50. The molecule has 0 aromatic heterocycles. The van der Waals surface area contributed by atoms with Crippen molar-refractivity contribution in [3.8, 4) is 0 Å². The molecular weight excluding hydrogens is 98.0 g/mol. The topological polar surface area (TPSA) is 88.0 Å². The van der Waals surface area contributed by atoms with Gasteiger partial charge < -0.3 is 20.7 Å². The predicted molar refractivity (Wildman–Crippen MR) is 18.5 cm³/mol. The Kier molecular flexibility index (Phi) is 2.32. The first kappa shape index (κ1) is 6.39. The van der Waals surface area contributed by atoms with Crippen LogP contribution >= 0.6 is 0 Å². The molecule has 0 unspecified atom stereocenters. The molecule has 0 heterocycles. The van der Waals surface area contributed by atoms with Gasteiger partial charge in [-0.2, -0.15) is 0 Å². The first-order valence-corrected chi connectivity index (χ1v) is 1.84. The van der Waals surface area contributed by atoms with Crippen LogP contribution in [0.3, 0.4) is 0 Å². The van der Waals surface area contributed by atoms with Gasteiger partial charge in [0.1, 0.15) is 0 Å². The molecule has 0 aliphatic heterocycles. The van der Waals surface area contributed by atoms with Crippen molar-refractivity contribution < 1.29 is 20.7 Å². The zero-order valence-electron chi connectivity index (χ0n) is 3.76. The molecule has 0 aromatic rings. The summed E-state index contributed by atoms with van der Waals surface area (Å²) in [7, 11) is 0. The van der Waals surface area contributed by atoms with Crippen LogP contribution in [0.1, 0.15) is 6.42 Å². The number of hydrogen-bond acceptors (Lipinski definition) is 3. The van der Waals surface area contributed by atoms with Gasteiger partial charge in [0, 0.05) is 0 Å². The largest absolute Gasteiger partial charge is 0.550 e. The molecule has 0 bridgehead atoms. The minimum atomic E-state index is -1.28. The summed E-state index contributed by atoms with van der Waals surface area (Å²) in [4.78, 5) is 9.50. The van der Waals surface area contributed by atoms with E-state index < -0.39 is 12.2 Å². The lowest BCUT2D eigenvalue weighted by Crippen LogP contribution is -2.62. The quantitative estimate of drug-likeness (QED) is 0.360. The predicted octanol–water partition coefficient (Wildman–Crippen LogP) is -3.31. The van der Waals surface area contributed by atoms with Crippen LogP contribution in [-0.4, -0.2) is 17.3 Å². The number of carbonyl (C=O) groups is 1. The number of aliphatic carboxylic acids is 1. The van der Waals surface area contributed by atoms with Crippen LogP contribution in [0, 0.1) is 0 Å². The van der Waals surface area contributed by atoms with E-state index in [1.54, 1.807) is 0 Å². The molecule has 4 N–H and O–H groups in total. The van der Waals surface area contributed by atoms with Gasteiger partial charge in [0.05, 0.1) is 12.4 Å². The first-order valence-electron chi connectivity index (χ1n) is 1.84. The van der Waals surface area contributed by atoms with Crippen molar-refractivity contribution >= 4 is 5.97 Å². The van der Waals surface area contributed by atoms with Crippen LogP contribution in [0.2, 0.25) is 0 Å². The SMILES string of the molecule is [NH3+][C@H](O)CC(=O)[O-]. The van der Waals surface area contributed by atoms with Crippen molar-refractivity contribution in [2.45, 2.75) is 12.6 Å². The van der Waals surface area contributed by atoms with E-state index >= 15 is 0 Å². The summed E-state index contributed by atoms with van der Waals surface area (Å²) in [5.41, 5.74) is 3.01. The van der Waals surface area contributed by atoms with Gasteiger partial charge in [0.15, 0.2) is 6.23 Å². The summed E-state index contributed by atoms with van der Waals surface area (Å²) in [5.74, 6) is -1.28. The molecule has 0 amide bonds. The molecule has 0 spiro atoms. The monoisotopic (exact) mass is 105 g/mol. The van der Waals surface area contributed by atoms with Gasteiger partial charge in [-0.05, 0) is 0 Å². The number of rotatable bonds is 2. The number of quaternary nitrogens is 1.